The van der Waals surface area contributed by atoms with E-state index in [1.807, 2.05) is 6.07 Å². The standard InChI is InChI=1S/C16H9F2N3/c17-11-4-6-12(7-5-11)21-15-10(8-19)9-20-16-13(15)2-1-3-14(16)18/h1-7,9H,(H,20,21). The van der Waals surface area contributed by atoms with Crippen LogP contribution in [0, 0.1) is 23.0 Å². The van der Waals surface area contributed by atoms with Crippen LogP contribution in [0.1, 0.15) is 5.56 Å². The van der Waals surface area contributed by atoms with Crippen molar-refractivity contribution >= 4 is 22.3 Å². The van der Waals surface area contributed by atoms with Crippen molar-refractivity contribution in [2.75, 3.05) is 5.32 Å². The van der Waals surface area contributed by atoms with Crippen LogP contribution < -0.4 is 5.32 Å². The van der Waals surface area contributed by atoms with Gasteiger partial charge in [0.25, 0.3) is 0 Å². The Labute approximate surface area is 119 Å². The predicted octanol–water partition coefficient (Wildman–Crippen LogP) is 4.13. The van der Waals surface area contributed by atoms with Crippen molar-refractivity contribution in [1.82, 2.24) is 4.98 Å². The molecule has 1 N–H and O–H groups in total. The van der Waals surface area contributed by atoms with Gasteiger partial charge in [0.05, 0.1) is 11.3 Å². The first-order valence-corrected chi connectivity index (χ1v) is 6.19. The summed E-state index contributed by atoms with van der Waals surface area (Å²) in [5, 5.41) is 12.7. The Morgan fingerprint density at radius 1 is 1.05 bits per heavy atom. The smallest absolute Gasteiger partial charge is 0.149 e. The summed E-state index contributed by atoms with van der Waals surface area (Å²) in [6.07, 6.45) is 1.32. The third-order valence-corrected chi connectivity index (χ3v) is 3.08. The minimum atomic E-state index is -0.459. The minimum Gasteiger partial charge on any atom is -0.354 e. The number of fused-ring (bicyclic) bond motifs is 1. The van der Waals surface area contributed by atoms with E-state index in [-0.39, 0.29) is 16.9 Å². The maximum Gasteiger partial charge on any atom is 0.149 e. The van der Waals surface area contributed by atoms with E-state index in [0.717, 1.165) is 0 Å². The first-order valence-electron chi connectivity index (χ1n) is 6.19. The van der Waals surface area contributed by atoms with Crippen LogP contribution in [0.5, 0.6) is 0 Å². The molecule has 0 amide bonds. The molecule has 3 rings (SSSR count). The van der Waals surface area contributed by atoms with Gasteiger partial charge in [-0.1, -0.05) is 12.1 Å². The summed E-state index contributed by atoms with van der Waals surface area (Å²) >= 11 is 0. The van der Waals surface area contributed by atoms with Gasteiger partial charge in [-0.15, -0.1) is 0 Å². The second-order valence-electron chi connectivity index (χ2n) is 4.43. The van der Waals surface area contributed by atoms with Crippen molar-refractivity contribution in [2.45, 2.75) is 0 Å². The molecule has 0 aliphatic rings. The molecule has 3 aromatic rings. The molecule has 21 heavy (non-hydrogen) atoms. The van der Waals surface area contributed by atoms with E-state index in [1.54, 1.807) is 24.3 Å². The molecule has 0 saturated carbocycles. The van der Waals surface area contributed by atoms with Gasteiger partial charge in [-0.05, 0) is 30.3 Å². The molecule has 0 atom stereocenters. The molecular formula is C16H9F2N3. The van der Waals surface area contributed by atoms with Gasteiger partial charge in [-0.2, -0.15) is 5.26 Å². The quantitative estimate of drug-likeness (QED) is 0.768. The first-order chi connectivity index (χ1) is 10.2. The van der Waals surface area contributed by atoms with Crippen molar-refractivity contribution in [3.05, 3.63) is 65.9 Å². The zero-order valence-corrected chi connectivity index (χ0v) is 10.8. The van der Waals surface area contributed by atoms with Crippen LogP contribution in [0.25, 0.3) is 10.9 Å². The number of nitrogens with one attached hydrogen (secondary N) is 1. The number of hydrogen-bond acceptors (Lipinski definition) is 3. The summed E-state index contributed by atoms with van der Waals surface area (Å²) < 4.78 is 26.7. The highest BCUT2D eigenvalue weighted by Crippen LogP contribution is 2.29. The maximum absolute atomic E-state index is 13.8. The average molecular weight is 281 g/mol. The Balaban J connectivity index is 2.18. The molecule has 1 heterocycles. The maximum atomic E-state index is 13.8. The molecular weight excluding hydrogens is 272 g/mol. The molecule has 3 nitrogen and oxygen atoms in total. The van der Waals surface area contributed by atoms with E-state index in [0.29, 0.717) is 16.8 Å². The van der Waals surface area contributed by atoms with E-state index in [2.05, 4.69) is 10.3 Å². The molecule has 0 fully saturated rings. The van der Waals surface area contributed by atoms with Gasteiger partial charge in [-0.3, -0.25) is 4.98 Å². The van der Waals surface area contributed by atoms with Gasteiger partial charge < -0.3 is 5.32 Å². The molecule has 0 saturated heterocycles. The second kappa shape index (κ2) is 5.17. The Hall–Kier alpha value is -3.00. The lowest BCUT2D eigenvalue weighted by Crippen LogP contribution is -1.97. The molecule has 0 radical (unpaired) electrons. The summed E-state index contributed by atoms with van der Waals surface area (Å²) in [6.45, 7) is 0. The minimum absolute atomic E-state index is 0.182. The molecule has 2 aromatic carbocycles. The SMILES string of the molecule is N#Cc1cnc2c(F)cccc2c1Nc1ccc(F)cc1. The Morgan fingerprint density at radius 3 is 2.52 bits per heavy atom. The molecule has 0 aliphatic heterocycles. The first kappa shape index (κ1) is 13.0. The number of benzene rings is 2. The summed E-state index contributed by atoms with van der Waals surface area (Å²) in [4.78, 5) is 3.97. The molecule has 0 bridgehead atoms. The van der Waals surface area contributed by atoms with Crippen molar-refractivity contribution in [3.63, 3.8) is 0 Å². The van der Waals surface area contributed by atoms with E-state index in [9.17, 15) is 14.0 Å². The second-order valence-corrected chi connectivity index (χ2v) is 4.43. The summed E-state index contributed by atoms with van der Waals surface area (Å²) in [6, 6.07) is 12.3. The lowest BCUT2D eigenvalue weighted by Gasteiger charge is -2.11. The molecule has 0 aliphatic carbocycles. The summed E-state index contributed by atoms with van der Waals surface area (Å²) in [7, 11) is 0. The third-order valence-electron chi connectivity index (χ3n) is 3.08. The number of para-hydroxylation sites is 1. The average Bonchev–Trinajstić information content (AvgIpc) is 2.50. The van der Waals surface area contributed by atoms with Gasteiger partial charge in [0.1, 0.15) is 23.2 Å². The van der Waals surface area contributed by atoms with Crippen LogP contribution >= 0.6 is 0 Å². The number of nitrogens with zero attached hydrogens (tertiary/aromatic N) is 2. The van der Waals surface area contributed by atoms with Crippen LogP contribution in [0.15, 0.2) is 48.7 Å². The van der Waals surface area contributed by atoms with E-state index < -0.39 is 5.82 Å². The van der Waals surface area contributed by atoms with Crippen LogP contribution in [-0.4, -0.2) is 4.98 Å². The third kappa shape index (κ3) is 2.39. The van der Waals surface area contributed by atoms with Gasteiger partial charge in [0.15, 0.2) is 0 Å². The Kier molecular flexibility index (Phi) is 3.20. The number of hydrogen-bond donors (Lipinski definition) is 1. The Morgan fingerprint density at radius 2 is 1.81 bits per heavy atom. The van der Waals surface area contributed by atoms with E-state index in [1.165, 1.54) is 24.4 Å². The fraction of sp³-hybridized carbons (Fsp3) is 0. The number of anilines is 2. The number of rotatable bonds is 2. The highest BCUT2D eigenvalue weighted by atomic mass is 19.1. The van der Waals surface area contributed by atoms with Crippen molar-refractivity contribution < 1.29 is 8.78 Å². The van der Waals surface area contributed by atoms with Gasteiger partial charge in [0, 0.05) is 17.3 Å². The normalized spacial score (nSPS) is 10.3. The topological polar surface area (TPSA) is 48.7 Å². The highest BCUT2D eigenvalue weighted by molar-refractivity contribution is 5.95. The highest BCUT2D eigenvalue weighted by Gasteiger charge is 2.11. The summed E-state index contributed by atoms with van der Waals surface area (Å²) in [5.74, 6) is -0.814. The monoisotopic (exact) mass is 281 g/mol. The van der Waals surface area contributed by atoms with Gasteiger partial charge >= 0.3 is 0 Å². The van der Waals surface area contributed by atoms with Crippen LogP contribution in [0.3, 0.4) is 0 Å². The predicted molar refractivity (Wildman–Crippen MR) is 76.1 cm³/mol. The molecule has 5 heteroatoms. The van der Waals surface area contributed by atoms with E-state index in [4.69, 9.17) is 0 Å². The molecule has 0 unspecified atom stereocenters. The number of halogens is 2. The lowest BCUT2D eigenvalue weighted by molar-refractivity contribution is 0.628. The van der Waals surface area contributed by atoms with Crippen LogP contribution in [0.4, 0.5) is 20.2 Å². The van der Waals surface area contributed by atoms with Gasteiger partial charge in [0.2, 0.25) is 0 Å². The van der Waals surface area contributed by atoms with Crippen molar-refractivity contribution in [3.8, 4) is 6.07 Å². The van der Waals surface area contributed by atoms with Crippen LogP contribution in [-0.2, 0) is 0 Å². The van der Waals surface area contributed by atoms with Crippen LogP contribution in [0.2, 0.25) is 0 Å². The number of aromatic nitrogens is 1. The Bertz CT molecular complexity index is 852. The largest absolute Gasteiger partial charge is 0.354 e. The lowest BCUT2D eigenvalue weighted by atomic mass is 10.1. The molecule has 1 aromatic heterocycles. The van der Waals surface area contributed by atoms with Crippen molar-refractivity contribution in [1.29, 1.82) is 5.26 Å². The fourth-order valence-corrected chi connectivity index (χ4v) is 2.08. The number of nitriles is 1. The zero-order valence-electron chi connectivity index (χ0n) is 10.8. The molecule has 0 spiro atoms. The van der Waals surface area contributed by atoms with Gasteiger partial charge in [-0.25, -0.2) is 8.78 Å². The zero-order chi connectivity index (χ0) is 14.8. The fourth-order valence-electron chi connectivity index (χ4n) is 2.08. The van der Waals surface area contributed by atoms with E-state index >= 15 is 0 Å². The molecule has 102 valence electrons. The van der Waals surface area contributed by atoms with Crippen molar-refractivity contribution in [2.24, 2.45) is 0 Å². The number of pyridine rings is 1. The summed E-state index contributed by atoms with van der Waals surface area (Å²) in [5.41, 5.74) is 1.52.